The highest BCUT2D eigenvalue weighted by Gasteiger charge is 2.27. The van der Waals surface area contributed by atoms with Crippen LogP contribution in [0.2, 0.25) is 0 Å². The molecule has 0 aliphatic carbocycles. The number of aromatic nitrogens is 6. The molecule has 0 bridgehead atoms. The van der Waals surface area contributed by atoms with E-state index in [-0.39, 0.29) is 6.04 Å². The maximum absolute atomic E-state index is 5.41. The molecule has 1 aliphatic heterocycles. The highest BCUT2D eigenvalue weighted by atomic mass is 16.5. The molecule has 130 valence electrons. The van der Waals surface area contributed by atoms with Crippen LogP contribution in [0.25, 0.3) is 22.5 Å². The van der Waals surface area contributed by atoms with Crippen LogP contribution < -0.4 is 10.2 Å². The van der Waals surface area contributed by atoms with E-state index in [0.29, 0.717) is 11.8 Å². The smallest absolute Gasteiger partial charge is 0.266 e. The van der Waals surface area contributed by atoms with E-state index in [2.05, 4.69) is 40.5 Å². The minimum Gasteiger partial charge on any atom is -0.365 e. The Morgan fingerprint density at radius 2 is 2.12 bits per heavy atom. The van der Waals surface area contributed by atoms with Crippen LogP contribution in [0.15, 0.2) is 47.4 Å². The van der Waals surface area contributed by atoms with Gasteiger partial charge in [-0.05, 0) is 23.7 Å². The summed E-state index contributed by atoms with van der Waals surface area (Å²) >= 11 is 0. The van der Waals surface area contributed by atoms with Crippen LogP contribution in [0.4, 0.5) is 11.8 Å². The number of nitrogens with one attached hydrogen (secondary N) is 2. The van der Waals surface area contributed by atoms with Crippen LogP contribution in [0, 0.1) is 0 Å². The molecule has 0 unspecified atom stereocenters. The second kappa shape index (κ2) is 6.10. The first-order valence-electron chi connectivity index (χ1n) is 8.41. The van der Waals surface area contributed by atoms with Crippen molar-refractivity contribution in [2.45, 2.75) is 12.5 Å². The molecule has 1 atom stereocenters. The SMILES string of the molecule is c1ccc(-c2nc(N3CC[C@H](Nc4ncnc5[nH]ncc45)C3)no2)cc1. The third-order valence-electron chi connectivity index (χ3n) is 4.50. The second-order valence-corrected chi connectivity index (χ2v) is 6.20. The minimum atomic E-state index is 0.238. The Morgan fingerprint density at radius 3 is 3.04 bits per heavy atom. The summed E-state index contributed by atoms with van der Waals surface area (Å²) in [7, 11) is 0. The van der Waals surface area contributed by atoms with Gasteiger partial charge in [0.05, 0.1) is 11.6 Å². The summed E-state index contributed by atoms with van der Waals surface area (Å²) in [6, 6.07) is 10.0. The third kappa shape index (κ3) is 2.63. The first kappa shape index (κ1) is 14.8. The van der Waals surface area contributed by atoms with E-state index >= 15 is 0 Å². The lowest BCUT2D eigenvalue weighted by molar-refractivity contribution is 0.430. The molecule has 4 heterocycles. The number of H-pyrrole nitrogens is 1. The van der Waals surface area contributed by atoms with E-state index in [0.717, 1.165) is 41.9 Å². The van der Waals surface area contributed by atoms with Crippen LogP contribution in [0.1, 0.15) is 6.42 Å². The molecule has 1 aromatic carbocycles. The number of aromatic amines is 1. The van der Waals surface area contributed by atoms with Crippen molar-refractivity contribution >= 4 is 22.8 Å². The van der Waals surface area contributed by atoms with Gasteiger partial charge in [-0.1, -0.05) is 18.2 Å². The summed E-state index contributed by atoms with van der Waals surface area (Å²) in [5.74, 6) is 1.94. The standard InChI is InChI=1S/C17H16N8O/c1-2-4-11(5-3-1)16-22-17(24-26-16)25-7-6-12(9-25)21-14-13-8-20-23-15(13)19-10-18-14/h1-5,8,10,12H,6-7,9H2,(H2,18,19,20,21,23)/t12-/m0/s1. The zero-order chi connectivity index (χ0) is 17.3. The van der Waals surface area contributed by atoms with Crippen LogP contribution in [-0.2, 0) is 0 Å². The van der Waals surface area contributed by atoms with Gasteiger partial charge in [-0.15, -0.1) is 0 Å². The predicted molar refractivity (Wildman–Crippen MR) is 95.7 cm³/mol. The molecule has 9 heteroatoms. The Morgan fingerprint density at radius 1 is 1.19 bits per heavy atom. The second-order valence-electron chi connectivity index (χ2n) is 6.20. The summed E-state index contributed by atoms with van der Waals surface area (Å²) in [4.78, 5) is 15.1. The van der Waals surface area contributed by atoms with Crippen molar-refractivity contribution in [1.29, 1.82) is 0 Å². The van der Waals surface area contributed by atoms with Crippen molar-refractivity contribution in [1.82, 2.24) is 30.3 Å². The summed E-state index contributed by atoms with van der Waals surface area (Å²) < 4.78 is 5.41. The first-order chi connectivity index (χ1) is 12.9. The van der Waals surface area contributed by atoms with E-state index in [4.69, 9.17) is 4.52 Å². The van der Waals surface area contributed by atoms with Gasteiger partial charge in [-0.2, -0.15) is 10.1 Å². The van der Waals surface area contributed by atoms with Crippen LogP contribution >= 0.6 is 0 Å². The fraction of sp³-hybridized carbons (Fsp3) is 0.235. The Balaban J connectivity index is 1.30. The summed E-state index contributed by atoms with van der Waals surface area (Å²) in [5, 5.41) is 15.4. The van der Waals surface area contributed by atoms with Crippen molar-refractivity contribution in [2.75, 3.05) is 23.3 Å². The number of hydrogen-bond acceptors (Lipinski definition) is 8. The van der Waals surface area contributed by atoms with Gasteiger partial charge in [0.15, 0.2) is 5.65 Å². The van der Waals surface area contributed by atoms with E-state index in [1.54, 1.807) is 6.20 Å². The third-order valence-corrected chi connectivity index (χ3v) is 4.50. The molecule has 9 nitrogen and oxygen atoms in total. The van der Waals surface area contributed by atoms with E-state index in [9.17, 15) is 0 Å². The van der Waals surface area contributed by atoms with Crippen molar-refractivity contribution < 1.29 is 4.52 Å². The summed E-state index contributed by atoms with van der Waals surface area (Å²) in [5.41, 5.74) is 1.64. The lowest BCUT2D eigenvalue weighted by Gasteiger charge is -2.15. The molecule has 5 rings (SSSR count). The van der Waals surface area contributed by atoms with Gasteiger partial charge >= 0.3 is 0 Å². The van der Waals surface area contributed by atoms with Crippen LogP contribution in [-0.4, -0.2) is 49.4 Å². The zero-order valence-corrected chi connectivity index (χ0v) is 13.8. The quantitative estimate of drug-likeness (QED) is 0.577. The van der Waals surface area contributed by atoms with E-state index < -0.39 is 0 Å². The number of rotatable bonds is 4. The van der Waals surface area contributed by atoms with Gasteiger partial charge in [-0.3, -0.25) is 5.10 Å². The normalized spacial score (nSPS) is 17.1. The molecular weight excluding hydrogens is 332 g/mol. The van der Waals surface area contributed by atoms with Crippen molar-refractivity contribution in [3.8, 4) is 11.5 Å². The number of hydrogen-bond donors (Lipinski definition) is 2. The maximum Gasteiger partial charge on any atom is 0.266 e. The molecule has 4 aromatic rings. The Hall–Kier alpha value is -3.49. The highest BCUT2D eigenvalue weighted by molar-refractivity contribution is 5.85. The van der Waals surface area contributed by atoms with Gasteiger partial charge in [0.2, 0.25) is 0 Å². The molecule has 0 spiro atoms. The van der Waals surface area contributed by atoms with Crippen molar-refractivity contribution in [2.24, 2.45) is 0 Å². The highest BCUT2D eigenvalue weighted by Crippen LogP contribution is 2.25. The molecule has 1 aliphatic rings. The summed E-state index contributed by atoms with van der Waals surface area (Å²) in [6.07, 6.45) is 4.22. The Kier molecular flexibility index (Phi) is 3.48. The van der Waals surface area contributed by atoms with Crippen molar-refractivity contribution in [3.63, 3.8) is 0 Å². The van der Waals surface area contributed by atoms with Gasteiger partial charge in [0.25, 0.3) is 11.8 Å². The largest absolute Gasteiger partial charge is 0.365 e. The zero-order valence-electron chi connectivity index (χ0n) is 13.8. The molecule has 1 fully saturated rings. The molecule has 0 saturated carbocycles. The molecule has 0 radical (unpaired) electrons. The van der Waals surface area contributed by atoms with Crippen LogP contribution in [0.5, 0.6) is 0 Å². The topological polar surface area (TPSA) is 109 Å². The van der Waals surface area contributed by atoms with Gasteiger partial charge in [0, 0.05) is 24.7 Å². The van der Waals surface area contributed by atoms with Gasteiger partial charge in [0.1, 0.15) is 12.1 Å². The van der Waals surface area contributed by atoms with Gasteiger partial charge < -0.3 is 14.7 Å². The van der Waals surface area contributed by atoms with Gasteiger partial charge in [-0.25, -0.2) is 9.97 Å². The molecular formula is C17H16N8O. The average molecular weight is 348 g/mol. The Bertz CT molecular complexity index is 1030. The molecule has 0 amide bonds. The summed E-state index contributed by atoms with van der Waals surface area (Å²) in [6.45, 7) is 1.63. The monoisotopic (exact) mass is 348 g/mol. The first-order valence-corrected chi connectivity index (χ1v) is 8.41. The fourth-order valence-electron chi connectivity index (χ4n) is 3.18. The lowest BCUT2D eigenvalue weighted by Crippen LogP contribution is -2.27. The fourth-order valence-corrected chi connectivity index (χ4v) is 3.18. The van der Waals surface area contributed by atoms with E-state index in [1.807, 2.05) is 30.3 Å². The molecule has 26 heavy (non-hydrogen) atoms. The number of fused-ring (bicyclic) bond motifs is 1. The van der Waals surface area contributed by atoms with Crippen molar-refractivity contribution in [3.05, 3.63) is 42.9 Å². The number of benzene rings is 1. The minimum absolute atomic E-state index is 0.238. The predicted octanol–water partition coefficient (Wildman–Crippen LogP) is 2.09. The number of nitrogens with zero attached hydrogens (tertiary/aromatic N) is 6. The molecule has 1 saturated heterocycles. The average Bonchev–Trinajstić information content (AvgIpc) is 3.43. The van der Waals surface area contributed by atoms with Crippen LogP contribution in [0.3, 0.4) is 0 Å². The maximum atomic E-state index is 5.41. The number of anilines is 2. The molecule has 3 aromatic heterocycles. The van der Waals surface area contributed by atoms with E-state index in [1.165, 1.54) is 6.33 Å². The molecule has 2 N–H and O–H groups in total. The Labute approximate surface area is 148 Å². The lowest BCUT2D eigenvalue weighted by atomic mass is 10.2.